The number of fused-ring (bicyclic) bond motifs is 1. The average molecular weight is 146 g/mol. The first-order valence-electron chi connectivity index (χ1n) is 3.91. The first-order valence-corrected chi connectivity index (χ1v) is 3.91. The molecule has 0 N–H and O–H groups in total. The Morgan fingerprint density at radius 1 is 1.36 bits per heavy atom. The van der Waals surface area contributed by atoms with Gasteiger partial charge in [0.1, 0.15) is 0 Å². The van der Waals surface area contributed by atoms with Gasteiger partial charge in [0.15, 0.2) is 5.78 Å². The van der Waals surface area contributed by atoms with E-state index in [1.54, 1.807) is 0 Å². The van der Waals surface area contributed by atoms with E-state index in [-0.39, 0.29) is 5.92 Å². The maximum Gasteiger partial charge on any atom is 0.166 e. The van der Waals surface area contributed by atoms with Crippen LogP contribution in [0.2, 0.25) is 0 Å². The fourth-order valence-electron chi connectivity index (χ4n) is 1.63. The molecule has 0 saturated carbocycles. The van der Waals surface area contributed by atoms with E-state index in [0.717, 1.165) is 12.0 Å². The Kier molecular flexibility index (Phi) is 1.31. The zero-order chi connectivity index (χ0) is 7.84. The molecular weight excluding hydrogens is 136 g/mol. The Morgan fingerprint density at radius 2 is 2.09 bits per heavy atom. The third-order valence-electron chi connectivity index (χ3n) is 2.26. The van der Waals surface area contributed by atoms with E-state index in [2.05, 4.69) is 0 Å². The molecule has 0 saturated heterocycles. The number of carbonyl (C=O) groups excluding carboxylic acids is 1. The summed E-state index contributed by atoms with van der Waals surface area (Å²) >= 11 is 0. The van der Waals surface area contributed by atoms with Crippen LogP contribution in [0.15, 0.2) is 24.3 Å². The van der Waals surface area contributed by atoms with Crippen LogP contribution >= 0.6 is 0 Å². The molecule has 0 aromatic heterocycles. The number of hydrogen-bond acceptors (Lipinski definition) is 1. The molecular formula is C10H10O. The summed E-state index contributed by atoms with van der Waals surface area (Å²) in [6, 6.07) is 7.87. The quantitative estimate of drug-likeness (QED) is 0.547. The third kappa shape index (κ3) is 0.881. The summed E-state index contributed by atoms with van der Waals surface area (Å²) in [5.74, 6) is 0.507. The van der Waals surface area contributed by atoms with Gasteiger partial charge in [0.05, 0.1) is 0 Å². The highest BCUT2D eigenvalue weighted by atomic mass is 16.1. The summed E-state index contributed by atoms with van der Waals surface area (Å²) in [6.45, 7) is 1.99. The van der Waals surface area contributed by atoms with Gasteiger partial charge in [0, 0.05) is 11.5 Å². The Hall–Kier alpha value is -1.11. The number of benzene rings is 1. The number of rotatable bonds is 0. The number of hydrogen-bond donors (Lipinski definition) is 0. The minimum Gasteiger partial charge on any atom is -0.294 e. The van der Waals surface area contributed by atoms with Gasteiger partial charge in [0.2, 0.25) is 0 Å². The zero-order valence-corrected chi connectivity index (χ0v) is 6.50. The van der Waals surface area contributed by atoms with Crippen molar-refractivity contribution in [2.75, 3.05) is 0 Å². The molecule has 1 atom stereocenters. The molecule has 1 aromatic carbocycles. The SMILES string of the molecule is C[C@H]1Cc2ccccc2C1=O. The van der Waals surface area contributed by atoms with Gasteiger partial charge >= 0.3 is 0 Å². The van der Waals surface area contributed by atoms with Crippen LogP contribution in [0, 0.1) is 5.92 Å². The van der Waals surface area contributed by atoms with Crippen LogP contribution in [-0.2, 0) is 6.42 Å². The molecule has 0 heterocycles. The molecule has 1 nitrogen and oxygen atoms in total. The highest BCUT2D eigenvalue weighted by Gasteiger charge is 2.25. The van der Waals surface area contributed by atoms with Gasteiger partial charge < -0.3 is 0 Å². The van der Waals surface area contributed by atoms with Crippen LogP contribution in [0.5, 0.6) is 0 Å². The van der Waals surface area contributed by atoms with Crippen molar-refractivity contribution in [1.82, 2.24) is 0 Å². The van der Waals surface area contributed by atoms with Gasteiger partial charge in [-0.05, 0) is 12.0 Å². The first kappa shape index (κ1) is 6.59. The summed E-state index contributed by atoms with van der Waals surface area (Å²) in [7, 11) is 0. The van der Waals surface area contributed by atoms with Gasteiger partial charge in [-0.3, -0.25) is 4.79 Å². The molecule has 0 bridgehead atoms. The zero-order valence-electron chi connectivity index (χ0n) is 6.50. The van der Waals surface area contributed by atoms with Crippen molar-refractivity contribution in [3.05, 3.63) is 35.4 Å². The van der Waals surface area contributed by atoms with Crippen molar-refractivity contribution in [3.8, 4) is 0 Å². The monoisotopic (exact) mass is 146 g/mol. The molecule has 56 valence electrons. The minimum atomic E-state index is 0.201. The van der Waals surface area contributed by atoms with Gasteiger partial charge in [-0.15, -0.1) is 0 Å². The van der Waals surface area contributed by atoms with E-state index >= 15 is 0 Å². The van der Waals surface area contributed by atoms with E-state index in [4.69, 9.17) is 0 Å². The number of ketones is 1. The fourth-order valence-corrected chi connectivity index (χ4v) is 1.63. The predicted octanol–water partition coefficient (Wildman–Crippen LogP) is 2.06. The second-order valence-electron chi connectivity index (χ2n) is 3.13. The van der Waals surface area contributed by atoms with Crippen LogP contribution in [0.4, 0.5) is 0 Å². The summed E-state index contributed by atoms with van der Waals surface area (Å²) in [5.41, 5.74) is 2.14. The molecule has 11 heavy (non-hydrogen) atoms. The Bertz CT molecular complexity index is 301. The molecule has 2 rings (SSSR count). The lowest BCUT2D eigenvalue weighted by Crippen LogP contribution is -2.02. The largest absolute Gasteiger partial charge is 0.294 e. The van der Waals surface area contributed by atoms with Gasteiger partial charge in [-0.2, -0.15) is 0 Å². The van der Waals surface area contributed by atoms with Gasteiger partial charge in [-0.1, -0.05) is 31.2 Å². The van der Waals surface area contributed by atoms with Crippen LogP contribution in [0.3, 0.4) is 0 Å². The van der Waals surface area contributed by atoms with Crippen LogP contribution in [0.25, 0.3) is 0 Å². The average Bonchev–Trinajstić information content (AvgIpc) is 2.30. The van der Waals surface area contributed by atoms with E-state index in [9.17, 15) is 4.79 Å². The summed E-state index contributed by atoms with van der Waals surface area (Å²) in [4.78, 5) is 11.4. The van der Waals surface area contributed by atoms with Crippen molar-refractivity contribution in [1.29, 1.82) is 0 Å². The smallest absolute Gasteiger partial charge is 0.166 e. The summed E-state index contributed by atoms with van der Waals surface area (Å²) < 4.78 is 0. The van der Waals surface area contributed by atoms with E-state index in [0.29, 0.717) is 5.78 Å². The normalized spacial score (nSPS) is 21.9. The van der Waals surface area contributed by atoms with Gasteiger partial charge in [-0.25, -0.2) is 0 Å². The van der Waals surface area contributed by atoms with Crippen molar-refractivity contribution in [3.63, 3.8) is 0 Å². The van der Waals surface area contributed by atoms with E-state index in [1.807, 2.05) is 31.2 Å². The molecule has 1 aliphatic carbocycles. The van der Waals surface area contributed by atoms with E-state index < -0.39 is 0 Å². The highest BCUT2D eigenvalue weighted by Crippen LogP contribution is 2.25. The lowest BCUT2D eigenvalue weighted by Gasteiger charge is -1.93. The van der Waals surface area contributed by atoms with Crippen molar-refractivity contribution < 1.29 is 4.79 Å². The standard InChI is InChI=1S/C10H10O/c1-7-6-8-4-2-3-5-9(8)10(7)11/h2-5,7H,6H2,1H3/t7-/m0/s1. The first-order chi connectivity index (χ1) is 5.29. The molecule has 1 aliphatic rings. The lowest BCUT2D eigenvalue weighted by molar-refractivity contribution is 0.0946. The number of Topliss-reactive ketones (excluding diaryl/α,β-unsaturated/α-hetero) is 1. The van der Waals surface area contributed by atoms with Gasteiger partial charge in [0.25, 0.3) is 0 Å². The minimum absolute atomic E-state index is 0.201. The summed E-state index contributed by atoms with van der Waals surface area (Å²) in [6.07, 6.45) is 0.926. The second-order valence-corrected chi connectivity index (χ2v) is 3.13. The predicted molar refractivity (Wildman–Crippen MR) is 43.6 cm³/mol. The maximum absolute atomic E-state index is 11.4. The molecule has 0 aliphatic heterocycles. The molecule has 0 fully saturated rings. The Labute approximate surface area is 66.0 Å². The molecule has 0 amide bonds. The Balaban J connectivity index is 2.55. The van der Waals surface area contributed by atoms with E-state index in [1.165, 1.54) is 5.56 Å². The highest BCUT2D eigenvalue weighted by molar-refractivity contribution is 6.01. The molecule has 0 unspecified atom stereocenters. The van der Waals surface area contributed by atoms with Crippen molar-refractivity contribution in [2.45, 2.75) is 13.3 Å². The fraction of sp³-hybridized carbons (Fsp3) is 0.300. The molecule has 0 spiro atoms. The second kappa shape index (κ2) is 2.19. The van der Waals surface area contributed by atoms with Crippen LogP contribution < -0.4 is 0 Å². The molecule has 0 radical (unpaired) electrons. The Morgan fingerprint density at radius 3 is 2.82 bits per heavy atom. The molecule has 1 heteroatoms. The van der Waals surface area contributed by atoms with Crippen molar-refractivity contribution >= 4 is 5.78 Å². The maximum atomic E-state index is 11.4. The lowest BCUT2D eigenvalue weighted by atomic mass is 10.1. The van der Waals surface area contributed by atoms with Crippen molar-refractivity contribution in [2.24, 2.45) is 5.92 Å². The number of carbonyl (C=O) groups is 1. The summed E-state index contributed by atoms with van der Waals surface area (Å²) in [5, 5.41) is 0. The molecule has 1 aromatic rings. The topological polar surface area (TPSA) is 17.1 Å². The van der Waals surface area contributed by atoms with Crippen LogP contribution in [-0.4, -0.2) is 5.78 Å². The third-order valence-corrected chi connectivity index (χ3v) is 2.26. The van der Waals surface area contributed by atoms with Crippen LogP contribution in [0.1, 0.15) is 22.8 Å².